The van der Waals surface area contributed by atoms with Crippen molar-refractivity contribution in [3.63, 3.8) is 0 Å². The summed E-state index contributed by atoms with van der Waals surface area (Å²) in [6.45, 7) is 2.80. The molecule has 1 aromatic rings. The second-order valence-electron chi connectivity index (χ2n) is 2.91. The number of nitrogens with two attached hydrogens (primary N) is 1. The highest BCUT2D eigenvalue weighted by Gasteiger charge is 2.01. The first-order valence-corrected chi connectivity index (χ1v) is 4.12. The van der Waals surface area contributed by atoms with E-state index in [1.807, 2.05) is 12.1 Å². The summed E-state index contributed by atoms with van der Waals surface area (Å²) >= 11 is 0. The van der Waals surface area contributed by atoms with Gasteiger partial charge in [0.1, 0.15) is 5.75 Å². The molecule has 0 heterocycles. The maximum Gasteiger partial charge on any atom is 0.118 e. The molecule has 0 bridgehead atoms. The molecule has 0 fully saturated rings. The van der Waals surface area contributed by atoms with Crippen molar-refractivity contribution in [3.05, 3.63) is 29.8 Å². The molecule has 1 rings (SSSR count). The predicted molar refractivity (Wildman–Crippen MR) is 50.5 cm³/mol. The van der Waals surface area contributed by atoms with Crippen LogP contribution in [0.3, 0.4) is 0 Å². The third kappa shape index (κ3) is 1.98. The normalized spacial score (nSPS) is 12.6. The Balaban J connectivity index is 2.77. The van der Waals surface area contributed by atoms with Gasteiger partial charge in [-0.05, 0) is 30.2 Å². The highest BCUT2D eigenvalue weighted by molar-refractivity contribution is 5.29. The van der Waals surface area contributed by atoms with Crippen LogP contribution >= 0.6 is 0 Å². The summed E-state index contributed by atoms with van der Waals surface area (Å²) in [7, 11) is 1.67. The number of ether oxygens (including phenoxy) is 1. The maximum atomic E-state index is 5.54. The van der Waals surface area contributed by atoms with Gasteiger partial charge in [0, 0.05) is 0 Å². The van der Waals surface area contributed by atoms with E-state index in [-0.39, 0.29) is 0 Å². The number of benzene rings is 1. The average molecular weight is 165 g/mol. The van der Waals surface area contributed by atoms with Gasteiger partial charge in [-0.2, -0.15) is 0 Å². The first kappa shape index (κ1) is 9.07. The zero-order valence-electron chi connectivity index (χ0n) is 7.58. The Labute approximate surface area is 73.3 Å². The van der Waals surface area contributed by atoms with E-state index in [9.17, 15) is 0 Å². The molecular weight excluding hydrogens is 150 g/mol. The molecule has 2 N–H and O–H groups in total. The van der Waals surface area contributed by atoms with E-state index in [4.69, 9.17) is 10.5 Å². The van der Waals surface area contributed by atoms with E-state index in [2.05, 4.69) is 19.1 Å². The van der Waals surface area contributed by atoms with Crippen LogP contribution in [0.15, 0.2) is 24.3 Å². The van der Waals surface area contributed by atoms with Crippen LogP contribution in [-0.2, 0) is 0 Å². The molecule has 66 valence electrons. The Morgan fingerprint density at radius 3 is 2.33 bits per heavy atom. The smallest absolute Gasteiger partial charge is 0.118 e. The lowest BCUT2D eigenvalue weighted by Crippen LogP contribution is -2.08. The minimum atomic E-state index is 0.427. The Morgan fingerprint density at radius 2 is 1.92 bits per heavy atom. The first-order chi connectivity index (χ1) is 5.77. The fourth-order valence-corrected chi connectivity index (χ4v) is 1.07. The van der Waals surface area contributed by atoms with Gasteiger partial charge in [0.25, 0.3) is 0 Å². The van der Waals surface area contributed by atoms with E-state index in [0.717, 1.165) is 5.75 Å². The Morgan fingerprint density at radius 1 is 1.33 bits per heavy atom. The van der Waals surface area contributed by atoms with Gasteiger partial charge in [0.15, 0.2) is 0 Å². The third-order valence-electron chi connectivity index (χ3n) is 2.04. The van der Waals surface area contributed by atoms with E-state index in [1.165, 1.54) is 5.56 Å². The van der Waals surface area contributed by atoms with E-state index in [0.29, 0.717) is 12.5 Å². The van der Waals surface area contributed by atoms with Crippen LogP contribution < -0.4 is 10.5 Å². The zero-order chi connectivity index (χ0) is 8.97. The Kier molecular flexibility index (Phi) is 3.11. The van der Waals surface area contributed by atoms with Gasteiger partial charge in [0.2, 0.25) is 0 Å². The van der Waals surface area contributed by atoms with Crippen molar-refractivity contribution in [2.45, 2.75) is 12.8 Å². The molecule has 0 amide bonds. The topological polar surface area (TPSA) is 35.2 Å². The molecule has 0 aliphatic carbocycles. The second-order valence-corrected chi connectivity index (χ2v) is 2.91. The highest BCUT2D eigenvalue weighted by atomic mass is 16.5. The number of rotatable bonds is 3. The molecular formula is C10H15NO. The molecule has 0 aliphatic rings. The lowest BCUT2D eigenvalue weighted by atomic mass is 10.0. The van der Waals surface area contributed by atoms with Crippen molar-refractivity contribution in [3.8, 4) is 5.75 Å². The van der Waals surface area contributed by atoms with Crippen LogP contribution in [0, 0.1) is 0 Å². The average Bonchev–Trinajstić information content (AvgIpc) is 2.17. The fourth-order valence-electron chi connectivity index (χ4n) is 1.07. The number of methoxy groups -OCH3 is 1. The van der Waals surface area contributed by atoms with Gasteiger partial charge in [-0.15, -0.1) is 0 Å². The zero-order valence-corrected chi connectivity index (χ0v) is 7.58. The van der Waals surface area contributed by atoms with Gasteiger partial charge < -0.3 is 10.5 Å². The van der Waals surface area contributed by atoms with E-state index < -0.39 is 0 Å². The van der Waals surface area contributed by atoms with Crippen molar-refractivity contribution in [2.24, 2.45) is 5.73 Å². The number of hydrogen-bond donors (Lipinski definition) is 1. The van der Waals surface area contributed by atoms with Gasteiger partial charge in [-0.1, -0.05) is 19.1 Å². The molecule has 0 aliphatic heterocycles. The monoisotopic (exact) mass is 165 g/mol. The van der Waals surface area contributed by atoms with Crippen molar-refractivity contribution < 1.29 is 4.74 Å². The molecule has 0 spiro atoms. The minimum Gasteiger partial charge on any atom is -0.497 e. The molecule has 1 aromatic carbocycles. The van der Waals surface area contributed by atoms with Gasteiger partial charge in [-0.25, -0.2) is 0 Å². The lowest BCUT2D eigenvalue weighted by molar-refractivity contribution is 0.414. The van der Waals surface area contributed by atoms with Gasteiger partial charge in [-0.3, -0.25) is 0 Å². The summed E-state index contributed by atoms with van der Waals surface area (Å²) < 4.78 is 5.05. The molecule has 0 radical (unpaired) electrons. The van der Waals surface area contributed by atoms with Crippen molar-refractivity contribution in [1.82, 2.24) is 0 Å². The SMILES string of the molecule is COc1ccc(C(C)CN)cc1. The van der Waals surface area contributed by atoms with Crippen LogP contribution in [0.5, 0.6) is 5.75 Å². The standard InChI is InChI=1S/C10H15NO/c1-8(7-11)9-3-5-10(12-2)6-4-9/h3-6,8H,7,11H2,1-2H3. The largest absolute Gasteiger partial charge is 0.497 e. The molecule has 0 aromatic heterocycles. The molecule has 1 unspecified atom stereocenters. The van der Waals surface area contributed by atoms with Crippen LogP contribution in [0.4, 0.5) is 0 Å². The van der Waals surface area contributed by atoms with Crippen LogP contribution in [-0.4, -0.2) is 13.7 Å². The van der Waals surface area contributed by atoms with E-state index >= 15 is 0 Å². The van der Waals surface area contributed by atoms with E-state index in [1.54, 1.807) is 7.11 Å². The molecule has 0 saturated carbocycles. The molecule has 2 heteroatoms. The highest BCUT2D eigenvalue weighted by Crippen LogP contribution is 2.17. The second kappa shape index (κ2) is 4.12. The quantitative estimate of drug-likeness (QED) is 0.740. The van der Waals surface area contributed by atoms with Crippen LogP contribution in [0.25, 0.3) is 0 Å². The van der Waals surface area contributed by atoms with Gasteiger partial charge in [0.05, 0.1) is 7.11 Å². The minimum absolute atomic E-state index is 0.427. The molecule has 0 saturated heterocycles. The van der Waals surface area contributed by atoms with Gasteiger partial charge >= 0.3 is 0 Å². The summed E-state index contributed by atoms with van der Waals surface area (Å²) in [5.74, 6) is 1.32. The first-order valence-electron chi connectivity index (χ1n) is 4.12. The molecule has 1 atom stereocenters. The summed E-state index contributed by atoms with van der Waals surface area (Å²) in [4.78, 5) is 0. The lowest BCUT2D eigenvalue weighted by Gasteiger charge is -2.08. The Hall–Kier alpha value is -1.02. The fraction of sp³-hybridized carbons (Fsp3) is 0.400. The summed E-state index contributed by atoms with van der Waals surface area (Å²) in [5, 5.41) is 0. The van der Waals surface area contributed by atoms with Crippen molar-refractivity contribution in [2.75, 3.05) is 13.7 Å². The molecule has 2 nitrogen and oxygen atoms in total. The predicted octanol–water partition coefficient (Wildman–Crippen LogP) is 1.76. The Bertz CT molecular complexity index is 230. The summed E-state index contributed by atoms with van der Waals surface area (Å²) in [6, 6.07) is 8.02. The maximum absolute atomic E-state index is 5.54. The summed E-state index contributed by atoms with van der Waals surface area (Å²) in [5.41, 5.74) is 6.81. The van der Waals surface area contributed by atoms with Crippen molar-refractivity contribution in [1.29, 1.82) is 0 Å². The molecule has 12 heavy (non-hydrogen) atoms. The van der Waals surface area contributed by atoms with Crippen LogP contribution in [0.1, 0.15) is 18.4 Å². The third-order valence-corrected chi connectivity index (χ3v) is 2.04. The van der Waals surface area contributed by atoms with Crippen molar-refractivity contribution >= 4 is 0 Å². The van der Waals surface area contributed by atoms with Crippen LogP contribution in [0.2, 0.25) is 0 Å². The number of hydrogen-bond acceptors (Lipinski definition) is 2. The summed E-state index contributed by atoms with van der Waals surface area (Å²) in [6.07, 6.45) is 0.